The molecule has 4 heterocycles. The third-order valence-corrected chi connectivity index (χ3v) is 5.54. The number of anilines is 4. The van der Waals surface area contributed by atoms with E-state index in [9.17, 15) is 13.2 Å². The maximum atomic E-state index is 13.5. The van der Waals surface area contributed by atoms with Crippen LogP contribution >= 0.6 is 0 Å². The number of alkyl halides is 3. The highest BCUT2D eigenvalue weighted by molar-refractivity contribution is 5.94. The Balaban J connectivity index is 1.58. The minimum absolute atomic E-state index is 0.148. The quantitative estimate of drug-likeness (QED) is 0.435. The van der Waals surface area contributed by atoms with E-state index in [1.54, 1.807) is 31.6 Å². The molecule has 35 heavy (non-hydrogen) atoms. The molecule has 0 saturated carbocycles. The molecule has 0 bridgehead atoms. The molecule has 3 aromatic heterocycles. The molecule has 1 saturated heterocycles. The van der Waals surface area contributed by atoms with Crippen molar-refractivity contribution in [3.8, 4) is 11.3 Å². The second kappa shape index (κ2) is 9.29. The Hall–Kier alpha value is -4.06. The Bertz CT molecular complexity index is 1340. The van der Waals surface area contributed by atoms with Crippen molar-refractivity contribution in [3.63, 3.8) is 0 Å². The first-order chi connectivity index (χ1) is 16.9. The van der Waals surface area contributed by atoms with Crippen LogP contribution in [0.15, 0.2) is 48.9 Å². The van der Waals surface area contributed by atoms with Crippen LogP contribution in [0.1, 0.15) is 5.56 Å². The van der Waals surface area contributed by atoms with Crippen molar-refractivity contribution in [2.75, 3.05) is 48.9 Å². The van der Waals surface area contributed by atoms with Gasteiger partial charge in [-0.2, -0.15) is 18.2 Å². The lowest BCUT2D eigenvalue weighted by Crippen LogP contribution is -2.36. The number of nitrogens with one attached hydrogen (secondary N) is 2. The Morgan fingerprint density at radius 2 is 1.74 bits per heavy atom. The number of fused-ring (bicyclic) bond motifs is 1. The molecule has 12 heteroatoms. The minimum atomic E-state index is -4.52. The molecule has 4 aromatic rings. The average molecular weight is 482 g/mol. The van der Waals surface area contributed by atoms with E-state index in [0.29, 0.717) is 60.4 Å². The fraction of sp³-hybridized carbons (Fsp3) is 0.261. The molecule has 1 aliphatic heterocycles. The maximum absolute atomic E-state index is 13.5. The van der Waals surface area contributed by atoms with E-state index in [-0.39, 0.29) is 11.5 Å². The van der Waals surface area contributed by atoms with Crippen molar-refractivity contribution in [1.82, 2.24) is 24.9 Å². The smallest absolute Gasteiger partial charge is 0.378 e. The van der Waals surface area contributed by atoms with Crippen LogP contribution in [0.2, 0.25) is 0 Å². The third kappa shape index (κ3) is 4.78. The first-order valence-electron chi connectivity index (χ1n) is 10.9. The number of halogens is 3. The fourth-order valence-electron chi connectivity index (χ4n) is 3.82. The molecule has 0 unspecified atom stereocenters. The molecule has 9 nitrogen and oxygen atoms in total. The first kappa shape index (κ1) is 22.7. The molecule has 1 aliphatic rings. The van der Waals surface area contributed by atoms with E-state index < -0.39 is 11.7 Å². The Morgan fingerprint density at radius 3 is 2.46 bits per heavy atom. The highest BCUT2D eigenvalue weighted by Gasteiger charge is 2.33. The predicted molar refractivity (Wildman–Crippen MR) is 126 cm³/mol. The third-order valence-electron chi connectivity index (χ3n) is 5.54. The topological polar surface area (TPSA) is 101 Å². The number of aromatic nitrogens is 5. The van der Waals surface area contributed by atoms with Crippen molar-refractivity contribution >= 4 is 34.3 Å². The molecule has 0 atom stereocenters. The van der Waals surface area contributed by atoms with Crippen LogP contribution in [0.3, 0.4) is 0 Å². The zero-order valence-electron chi connectivity index (χ0n) is 18.7. The molecule has 0 spiro atoms. The molecule has 0 aliphatic carbocycles. The number of pyridine rings is 1. The van der Waals surface area contributed by atoms with E-state index in [1.165, 1.54) is 12.3 Å². The zero-order valence-corrected chi connectivity index (χ0v) is 18.7. The van der Waals surface area contributed by atoms with Crippen molar-refractivity contribution in [2.24, 2.45) is 0 Å². The lowest BCUT2D eigenvalue weighted by Gasteiger charge is -2.28. The highest BCUT2D eigenvalue weighted by atomic mass is 19.4. The van der Waals surface area contributed by atoms with Crippen molar-refractivity contribution < 1.29 is 17.9 Å². The average Bonchev–Trinajstić information content (AvgIpc) is 2.88. The van der Waals surface area contributed by atoms with Gasteiger partial charge in [0.25, 0.3) is 0 Å². The molecule has 180 valence electrons. The van der Waals surface area contributed by atoms with Gasteiger partial charge in [-0.05, 0) is 12.1 Å². The van der Waals surface area contributed by atoms with Crippen molar-refractivity contribution in [1.29, 1.82) is 0 Å². The van der Waals surface area contributed by atoms with Gasteiger partial charge in [0.05, 0.1) is 35.7 Å². The summed E-state index contributed by atoms with van der Waals surface area (Å²) in [7, 11) is 1.72. The SMILES string of the molecule is CNc1ncc(-c2cc(N3CCOCC3)nc(Nc3ccnc4c(C(F)(F)F)cccc34)n2)cn1. The molecular formula is C23H21F3N8O. The van der Waals surface area contributed by atoms with Gasteiger partial charge in [-0.3, -0.25) is 4.98 Å². The Kier molecular flexibility index (Phi) is 6.03. The molecule has 1 aromatic carbocycles. The van der Waals surface area contributed by atoms with Crippen LogP contribution in [0.5, 0.6) is 0 Å². The summed E-state index contributed by atoms with van der Waals surface area (Å²) >= 11 is 0. The number of para-hydroxylation sites is 1. The van der Waals surface area contributed by atoms with Gasteiger partial charge < -0.3 is 20.3 Å². The summed E-state index contributed by atoms with van der Waals surface area (Å²) in [4.78, 5) is 23.8. The summed E-state index contributed by atoms with van der Waals surface area (Å²) in [6, 6.07) is 7.38. The van der Waals surface area contributed by atoms with E-state index >= 15 is 0 Å². The Labute approximate surface area is 198 Å². The second-order valence-corrected chi connectivity index (χ2v) is 7.76. The molecule has 0 amide bonds. The van der Waals surface area contributed by atoms with Gasteiger partial charge in [0.1, 0.15) is 5.82 Å². The number of rotatable bonds is 5. The summed E-state index contributed by atoms with van der Waals surface area (Å²) in [6.45, 7) is 2.44. The predicted octanol–water partition coefficient (Wildman–Crippen LogP) is 4.12. The summed E-state index contributed by atoms with van der Waals surface area (Å²) in [5, 5.41) is 6.28. The molecule has 2 N–H and O–H groups in total. The number of benzene rings is 1. The van der Waals surface area contributed by atoms with Crippen LogP contribution in [-0.4, -0.2) is 58.3 Å². The van der Waals surface area contributed by atoms with Crippen LogP contribution in [0, 0.1) is 0 Å². The van der Waals surface area contributed by atoms with Crippen molar-refractivity contribution in [3.05, 3.63) is 54.5 Å². The molecular weight excluding hydrogens is 461 g/mol. The van der Waals surface area contributed by atoms with E-state index in [0.717, 1.165) is 6.07 Å². The fourth-order valence-corrected chi connectivity index (χ4v) is 3.82. The van der Waals surface area contributed by atoms with Gasteiger partial charge >= 0.3 is 6.18 Å². The number of nitrogens with zero attached hydrogens (tertiary/aromatic N) is 6. The molecule has 0 radical (unpaired) electrons. The van der Waals surface area contributed by atoms with E-state index in [2.05, 4.69) is 40.5 Å². The first-order valence-corrected chi connectivity index (χ1v) is 10.9. The van der Waals surface area contributed by atoms with Gasteiger partial charge in [-0.1, -0.05) is 12.1 Å². The van der Waals surface area contributed by atoms with Crippen LogP contribution < -0.4 is 15.5 Å². The summed E-state index contributed by atoms with van der Waals surface area (Å²) in [5.41, 5.74) is 0.701. The van der Waals surface area contributed by atoms with Crippen molar-refractivity contribution in [2.45, 2.75) is 6.18 Å². The lowest BCUT2D eigenvalue weighted by molar-refractivity contribution is -0.136. The van der Waals surface area contributed by atoms with Crippen LogP contribution in [0.4, 0.5) is 36.6 Å². The Morgan fingerprint density at radius 1 is 0.971 bits per heavy atom. The monoisotopic (exact) mass is 482 g/mol. The van der Waals surface area contributed by atoms with Gasteiger partial charge in [0, 0.05) is 55.7 Å². The van der Waals surface area contributed by atoms with Gasteiger partial charge in [-0.25, -0.2) is 15.0 Å². The summed E-state index contributed by atoms with van der Waals surface area (Å²) in [5.74, 6) is 1.36. The summed E-state index contributed by atoms with van der Waals surface area (Å²) < 4.78 is 46.0. The standard InChI is InChI=1S/C23H21F3N8O/c1-27-21-29-12-14(13-30-21)18-11-19(34-7-9-35-10-8-34)33-22(32-18)31-17-5-6-28-20-15(17)3-2-4-16(20)23(24,25)26/h2-6,11-13H,7-10H2,1H3,(H,27,29,30)(H,28,31,32,33). The number of hydrogen-bond donors (Lipinski definition) is 2. The van der Waals surface area contributed by atoms with Gasteiger partial charge in [-0.15, -0.1) is 0 Å². The normalized spacial score (nSPS) is 14.2. The van der Waals surface area contributed by atoms with Gasteiger partial charge in [0.15, 0.2) is 0 Å². The number of morpholine rings is 1. The largest absolute Gasteiger partial charge is 0.418 e. The highest BCUT2D eigenvalue weighted by Crippen LogP contribution is 2.36. The van der Waals surface area contributed by atoms with Crippen LogP contribution in [-0.2, 0) is 10.9 Å². The summed E-state index contributed by atoms with van der Waals surface area (Å²) in [6.07, 6.45) is 0.0957. The second-order valence-electron chi connectivity index (χ2n) is 7.76. The van der Waals surface area contributed by atoms with E-state index in [4.69, 9.17) is 4.74 Å². The van der Waals surface area contributed by atoms with E-state index in [1.807, 2.05) is 6.07 Å². The zero-order chi connectivity index (χ0) is 24.4. The minimum Gasteiger partial charge on any atom is -0.378 e. The lowest BCUT2D eigenvalue weighted by atomic mass is 10.1. The van der Waals surface area contributed by atoms with Gasteiger partial charge in [0.2, 0.25) is 11.9 Å². The van der Waals surface area contributed by atoms with Crippen LogP contribution in [0.25, 0.3) is 22.2 Å². The molecule has 5 rings (SSSR count). The maximum Gasteiger partial charge on any atom is 0.418 e. The number of hydrogen-bond acceptors (Lipinski definition) is 9. The number of ether oxygens (including phenoxy) is 1. The molecule has 1 fully saturated rings.